The predicted molar refractivity (Wildman–Crippen MR) is 135 cm³/mol. The lowest BCUT2D eigenvalue weighted by Crippen LogP contribution is -2.65. The largest absolute Gasteiger partial charge is 0.506 e. The van der Waals surface area contributed by atoms with E-state index < -0.39 is 80.0 Å². The van der Waals surface area contributed by atoms with Crippen LogP contribution >= 0.6 is 0 Å². The number of rotatable bonds is 9. The molecule has 3 aliphatic heterocycles. The Morgan fingerprint density at radius 3 is 1.93 bits per heavy atom. The van der Waals surface area contributed by atoms with Gasteiger partial charge in [0.25, 0.3) is 0 Å². The van der Waals surface area contributed by atoms with Crippen LogP contribution in [0.2, 0.25) is 0 Å². The summed E-state index contributed by atoms with van der Waals surface area (Å²) in [6.45, 7) is 2.42. The first-order valence-electron chi connectivity index (χ1n) is 13.0. The summed E-state index contributed by atoms with van der Waals surface area (Å²) >= 11 is 0. The summed E-state index contributed by atoms with van der Waals surface area (Å²) in [5.74, 6) is -0.0526. The lowest BCUT2D eigenvalue weighted by Gasteiger charge is -2.46. The van der Waals surface area contributed by atoms with Crippen molar-refractivity contribution in [2.45, 2.75) is 87.7 Å². The quantitative estimate of drug-likeness (QED) is 0.159. The molecule has 0 spiro atoms. The van der Waals surface area contributed by atoms with Gasteiger partial charge in [-0.15, -0.1) is 0 Å². The van der Waals surface area contributed by atoms with Crippen molar-refractivity contribution >= 4 is 0 Å². The van der Waals surface area contributed by atoms with Crippen LogP contribution in [0.3, 0.4) is 0 Å². The van der Waals surface area contributed by atoms with Crippen molar-refractivity contribution in [3.63, 3.8) is 0 Å². The van der Waals surface area contributed by atoms with E-state index in [1.807, 2.05) is 13.8 Å². The van der Waals surface area contributed by atoms with Crippen molar-refractivity contribution in [1.82, 2.24) is 5.32 Å². The van der Waals surface area contributed by atoms with Gasteiger partial charge in [-0.1, -0.05) is 26.0 Å². The van der Waals surface area contributed by atoms with Crippen molar-refractivity contribution < 1.29 is 64.5 Å². The van der Waals surface area contributed by atoms with Gasteiger partial charge in [0.1, 0.15) is 54.6 Å². The average Bonchev–Trinajstić information content (AvgIpc) is 3.13. The minimum atomic E-state index is -1.65. The fraction of sp³-hybridized carbons (Fsp3) is 0.692. The summed E-state index contributed by atoms with van der Waals surface area (Å²) in [5, 5.41) is 84.6. The SMILES string of the molecule is COC1C(CO)OC(OC2C(CO)OC(Oc3ccc(CC4NC(O)=C(O)C4(C)C)cc3)C(O)C2O)C(O)C1O. The van der Waals surface area contributed by atoms with Gasteiger partial charge in [-0.2, -0.15) is 0 Å². The van der Waals surface area contributed by atoms with Gasteiger partial charge < -0.3 is 69.9 Å². The van der Waals surface area contributed by atoms with E-state index in [0.717, 1.165) is 5.56 Å². The second-order valence-corrected chi connectivity index (χ2v) is 10.8. The van der Waals surface area contributed by atoms with Gasteiger partial charge in [0.2, 0.25) is 12.2 Å². The number of aliphatic hydroxyl groups excluding tert-OH is 8. The highest BCUT2D eigenvalue weighted by Gasteiger charge is 2.51. The number of methoxy groups -OCH3 is 1. The molecule has 3 aliphatic rings. The highest BCUT2D eigenvalue weighted by atomic mass is 16.7. The van der Waals surface area contributed by atoms with Gasteiger partial charge in [-0.05, 0) is 24.1 Å². The minimum Gasteiger partial charge on any atom is -0.506 e. The standard InChI is InChI=1S/C26H39NO13/c1-26(2)15(27-23(35)22(26)34)8-11-4-6-12(7-5-11)37-24-19(33)17(31)21(14(10-29)39-24)40-25-18(32)16(30)20(36-3)13(9-28)38-25/h4-7,13-21,24-25,27-35H,8-10H2,1-3H3. The van der Waals surface area contributed by atoms with Crippen LogP contribution in [0.5, 0.6) is 5.75 Å². The van der Waals surface area contributed by atoms with Crippen LogP contribution in [0.25, 0.3) is 0 Å². The number of hydrogen-bond donors (Lipinski definition) is 9. The van der Waals surface area contributed by atoms with E-state index in [0.29, 0.717) is 12.2 Å². The summed E-state index contributed by atoms with van der Waals surface area (Å²) in [5.41, 5.74) is 0.201. The van der Waals surface area contributed by atoms with Crippen molar-refractivity contribution in [2.24, 2.45) is 5.41 Å². The molecule has 11 unspecified atom stereocenters. The second kappa shape index (κ2) is 12.3. The fourth-order valence-corrected chi connectivity index (χ4v) is 5.19. The third-order valence-corrected chi connectivity index (χ3v) is 7.84. The fourth-order valence-electron chi connectivity index (χ4n) is 5.19. The lowest BCUT2D eigenvalue weighted by molar-refractivity contribution is -0.353. The van der Waals surface area contributed by atoms with Crippen molar-refractivity contribution in [3.05, 3.63) is 41.5 Å². The second-order valence-electron chi connectivity index (χ2n) is 10.8. The molecule has 0 saturated carbocycles. The van der Waals surface area contributed by atoms with E-state index >= 15 is 0 Å². The monoisotopic (exact) mass is 573 g/mol. The molecule has 2 fully saturated rings. The maximum Gasteiger partial charge on any atom is 0.229 e. The van der Waals surface area contributed by atoms with E-state index in [1.54, 1.807) is 24.3 Å². The molecule has 14 nitrogen and oxygen atoms in total. The Hall–Kier alpha value is -2.24. The Kier molecular flexibility index (Phi) is 9.46. The molecule has 3 heterocycles. The predicted octanol–water partition coefficient (Wildman–Crippen LogP) is -1.83. The van der Waals surface area contributed by atoms with Gasteiger partial charge in [-0.3, -0.25) is 0 Å². The topological polar surface area (TPSA) is 220 Å². The van der Waals surface area contributed by atoms with Crippen molar-refractivity contribution in [1.29, 1.82) is 0 Å². The zero-order valence-corrected chi connectivity index (χ0v) is 22.4. The molecular weight excluding hydrogens is 534 g/mol. The molecule has 9 N–H and O–H groups in total. The first-order valence-corrected chi connectivity index (χ1v) is 13.0. The summed E-state index contributed by atoms with van der Waals surface area (Å²) in [6.07, 6.45) is -13.5. The van der Waals surface area contributed by atoms with Crippen molar-refractivity contribution in [3.8, 4) is 5.75 Å². The van der Waals surface area contributed by atoms with Crippen LogP contribution < -0.4 is 10.1 Å². The van der Waals surface area contributed by atoms with Gasteiger partial charge in [0.15, 0.2) is 12.0 Å². The zero-order valence-electron chi connectivity index (χ0n) is 22.4. The van der Waals surface area contributed by atoms with Crippen LogP contribution in [0.15, 0.2) is 35.9 Å². The molecule has 0 bridgehead atoms. The molecular formula is C26H39NO13. The van der Waals surface area contributed by atoms with Gasteiger partial charge >= 0.3 is 0 Å². The normalized spacial score (nSPS) is 39.7. The summed E-state index contributed by atoms with van der Waals surface area (Å²) in [4.78, 5) is 0. The van der Waals surface area contributed by atoms with Gasteiger partial charge in [-0.25, -0.2) is 0 Å². The lowest BCUT2D eigenvalue weighted by atomic mass is 9.82. The molecule has 1 aromatic rings. The van der Waals surface area contributed by atoms with Crippen LogP contribution in [0, 0.1) is 5.41 Å². The van der Waals surface area contributed by atoms with Crippen LogP contribution in [-0.2, 0) is 25.4 Å². The van der Waals surface area contributed by atoms with Crippen LogP contribution in [-0.4, -0.2) is 129 Å². The first kappa shape index (κ1) is 30.7. The number of ether oxygens (including phenoxy) is 5. The van der Waals surface area contributed by atoms with Gasteiger partial charge in [0, 0.05) is 18.6 Å². The Bertz CT molecular complexity index is 1020. The highest BCUT2D eigenvalue weighted by Crippen LogP contribution is 2.37. The minimum absolute atomic E-state index is 0.103. The molecule has 11 atom stereocenters. The third kappa shape index (κ3) is 5.87. The Labute approximate surface area is 230 Å². The van der Waals surface area contributed by atoms with Crippen molar-refractivity contribution in [2.75, 3.05) is 20.3 Å². The summed E-state index contributed by atoms with van der Waals surface area (Å²) in [6, 6.07) is 6.52. The average molecular weight is 574 g/mol. The number of nitrogens with one attached hydrogen (secondary N) is 1. The molecule has 4 rings (SSSR count). The summed E-state index contributed by atoms with van der Waals surface area (Å²) in [7, 11) is 1.28. The number of aliphatic hydroxyl groups is 8. The zero-order chi connectivity index (χ0) is 29.4. The summed E-state index contributed by atoms with van der Waals surface area (Å²) < 4.78 is 27.6. The molecule has 0 radical (unpaired) electrons. The van der Waals surface area contributed by atoms with Crippen LogP contribution in [0.1, 0.15) is 19.4 Å². The maximum absolute atomic E-state index is 10.8. The molecule has 0 aliphatic carbocycles. The smallest absolute Gasteiger partial charge is 0.229 e. The molecule has 2 saturated heterocycles. The Morgan fingerprint density at radius 1 is 0.825 bits per heavy atom. The molecule has 0 amide bonds. The number of hydrogen-bond acceptors (Lipinski definition) is 14. The molecule has 40 heavy (non-hydrogen) atoms. The Morgan fingerprint density at radius 2 is 1.38 bits per heavy atom. The van der Waals surface area contributed by atoms with Gasteiger partial charge in [0.05, 0.1) is 13.2 Å². The van der Waals surface area contributed by atoms with E-state index in [2.05, 4.69) is 5.32 Å². The molecule has 226 valence electrons. The van der Waals surface area contributed by atoms with E-state index in [-0.39, 0.29) is 17.7 Å². The first-order chi connectivity index (χ1) is 18.9. The van der Waals surface area contributed by atoms with Crippen LogP contribution in [0.4, 0.5) is 0 Å². The van der Waals surface area contributed by atoms with E-state index in [1.165, 1.54) is 7.11 Å². The Balaban J connectivity index is 1.38. The molecule has 0 aromatic heterocycles. The molecule has 14 heteroatoms. The maximum atomic E-state index is 10.8. The highest BCUT2D eigenvalue weighted by molar-refractivity contribution is 5.30. The third-order valence-electron chi connectivity index (χ3n) is 7.84. The molecule has 1 aromatic carbocycles. The van der Waals surface area contributed by atoms with E-state index in [4.69, 9.17) is 23.7 Å². The van der Waals surface area contributed by atoms with E-state index in [9.17, 15) is 40.9 Å². The number of benzene rings is 1.